The number of nitrogens with one attached hydrogen (secondary N) is 1. The van der Waals surface area contributed by atoms with Crippen molar-refractivity contribution in [3.63, 3.8) is 0 Å². The predicted octanol–water partition coefficient (Wildman–Crippen LogP) is 0.953. The molecule has 0 bridgehead atoms. The van der Waals surface area contributed by atoms with Gasteiger partial charge in [0.1, 0.15) is 6.04 Å². The van der Waals surface area contributed by atoms with Crippen LogP contribution in [0.1, 0.15) is 27.2 Å². The van der Waals surface area contributed by atoms with Crippen LogP contribution >= 0.6 is 0 Å². The molecule has 2 unspecified atom stereocenters. The van der Waals surface area contributed by atoms with Gasteiger partial charge in [-0.1, -0.05) is 6.92 Å². The van der Waals surface area contributed by atoms with Crippen molar-refractivity contribution in [1.82, 2.24) is 5.32 Å². The van der Waals surface area contributed by atoms with E-state index in [9.17, 15) is 4.79 Å². The van der Waals surface area contributed by atoms with Gasteiger partial charge in [-0.15, -0.1) is 0 Å². The van der Waals surface area contributed by atoms with E-state index >= 15 is 0 Å². The lowest BCUT2D eigenvalue weighted by atomic mass is 10.3. The maximum atomic E-state index is 11.3. The van der Waals surface area contributed by atoms with E-state index in [-0.39, 0.29) is 18.1 Å². The van der Waals surface area contributed by atoms with Gasteiger partial charge in [0.25, 0.3) is 0 Å². The van der Waals surface area contributed by atoms with Crippen LogP contribution in [0.3, 0.4) is 0 Å². The highest BCUT2D eigenvalue weighted by Crippen LogP contribution is 1.98. The third kappa shape index (κ3) is 5.19. The third-order valence-corrected chi connectivity index (χ3v) is 2.04. The van der Waals surface area contributed by atoms with Gasteiger partial charge in [-0.2, -0.15) is 0 Å². The van der Waals surface area contributed by atoms with Crippen molar-refractivity contribution in [2.45, 2.75) is 39.3 Å². The van der Waals surface area contributed by atoms with E-state index in [4.69, 9.17) is 9.47 Å². The van der Waals surface area contributed by atoms with Crippen molar-refractivity contribution in [1.29, 1.82) is 0 Å². The molecule has 0 aliphatic rings. The second kappa shape index (κ2) is 7.76. The molecule has 0 aromatic carbocycles. The highest BCUT2D eigenvalue weighted by Gasteiger charge is 2.18. The normalized spacial score (nSPS) is 14.9. The second-order valence-electron chi connectivity index (χ2n) is 3.15. The molecule has 0 aromatic rings. The van der Waals surface area contributed by atoms with E-state index in [2.05, 4.69) is 5.32 Å². The lowest BCUT2D eigenvalue weighted by Crippen LogP contribution is -2.40. The summed E-state index contributed by atoms with van der Waals surface area (Å²) < 4.78 is 10.3. The Morgan fingerprint density at radius 1 is 1.43 bits per heavy atom. The summed E-state index contributed by atoms with van der Waals surface area (Å²) in [6.07, 6.45) is 1.12. The minimum absolute atomic E-state index is 0.181. The molecule has 0 fully saturated rings. The molecule has 14 heavy (non-hydrogen) atoms. The fourth-order valence-electron chi connectivity index (χ4n) is 0.890. The van der Waals surface area contributed by atoms with Gasteiger partial charge < -0.3 is 14.8 Å². The zero-order valence-corrected chi connectivity index (χ0v) is 9.50. The van der Waals surface area contributed by atoms with E-state index in [1.165, 1.54) is 0 Å². The average Bonchev–Trinajstić information content (AvgIpc) is 2.18. The monoisotopic (exact) mass is 203 g/mol. The van der Waals surface area contributed by atoms with E-state index in [1.807, 2.05) is 13.8 Å². The first-order chi connectivity index (χ1) is 6.65. The van der Waals surface area contributed by atoms with Gasteiger partial charge in [-0.25, -0.2) is 0 Å². The number of hydrogen-bond donors (Lipinski definition) is 1. The van der Waals surface area contributed by atoms with Gasteiger partial charge >= 0.3 is 5.97 Å². The van der Waals surface area contributed by atoms with E-state index in [0.29, 0.717) is 13.2 Å². The standard InChI is InChI=1S/C10H21NO3/c1-5-8(3)14-7-9(11-4)10(12)13-6-2/h8-9,11H,5-7H2,1-4H3. The van der Waals surface area contributed by atoms with Crippen molar-refractivity contribution in [3.8, 4) is 0 Å². The number of rotatable bonds is 7. The SMILES string of the molecule is CCOC(=O)C(COC(C)CC)NC. The Bertz CT molecular complexity index is 161. The van der Waals surface area contributed by atoms with Crippen molar-refractivity contribution in [2.75, 3.05) is 20.3 Å². The molecule has 1 N–H and O–H groups in total. The van der Waals surface area contributed by atoms with E-state index in [0.717, 1.165) is 6.42 Å². The Morgan fingerprint density at radius 3 is 2.50 bits per heavy atom. The van der Waals surface area contributed by atoms with Crippen LogP contribution < -0.4 is 5.32 Å². The van der Waals surface area contributed by atoms with Crippen molar-refractivity contribution < 1.29 is 14.3 Å². The fourth-order valence-corrected chi connectivity index (χ4v) is 0.890. The number of esters is 1. The summed E-state index contributed by atoms with van der Waals surface area (Å²) in [5.41, 5.74) is 0. The summed E-state index contributed by atoms with van der Waals surface area (Å²) >= 11 is 0. The van der Waals surface area contributed by atoms with Crippen LogP contribution in [0, 0.1) is 0 Å². The summed E-state index contributed by atoms with van der Waals surface area (Å²) in [6, 6.07) is -0.357. The molecule has 0 rings (SSSR count). The van der Waals surface area contributed by atoms with Gasteiger partial charge in [0.15, 0.2) is 0 Å². The molecule has 0 saturated carbocycles. The number of likely N-dealkylation sites (N-methyl/N-ethyl adjacent to an activating group) is 1. The average molecular weight is 203 g/mol. The number of carbonyl (C=O) groups excluding carboxylic acids is 1. The molecule has 0 aromatic heterocycles. The Kier molecular flexibility index (Phi) is 7.42. The Labute approximate surface area is 86.0 Å². The Morgan fingerprint density at radius 2 is 2.07 bits per heavy atom. The molecule has 0 spiro atoms. The first kappa shape index (κ1) is 13.4. The second-order valence-corrected chi connectivity index (χ2v) is 3.15. The van der Waals surface area contributed by atoms with Crippen LogP contribution in [-0.2, 0) is 14.3 Å². The van der Waals surface area contributed by atoms with Crippen LogP contribution in [0.4, 0.5) is 0 Å². The molecule has 0 saturated heterocycles. The number of carbonyl (C=O) groups is 1. The smallest absolute Gasteiger partial charge is 0.325 e. The van der Waals surface area contributed by atoms with Crippen LogP contribution in [0.15, 0.2) is 0 Å². The van der Waals surface area contributed by atoms with Crippen molar-refractivity contribution in [2.24, 2.45) is 0 Å². The summed E-state index contributed by atoms with van der Waals surface area (Å²) in [5, 5.41) is 2.87. The van der Waals surface area contributed by atoms with Crippen LogP contribution in [0.5, 0.6) is 0 Å². The lowest BCUT2D eigenvalue weighted by Gasteiger charge is -2.17. The Hall–Kier alpha value is -0.610. The van der Waals surface area contributed by atoms with Crippen LogP contribution in [0.2, 0.25) is 0 Å². The van der Waals surface area contributed by atoms with Gasteiger partial charge in [-0.3, -0.25) is 4.79 Å². The Balaban J connectivity index is 3.84. The predicted molar refractivity (Wildman–Crippen MR) is 55.2 cm³/mol. The van der Waals surface area contributed by atoms with Crippen LogP contribution in [-0.4, -0.2) is 38.4 Å². The quantitative estimate of drug-likeness (QED) is 0.626. The van der Waals surface area contributed by atoms with Gasteiger partial charge in [0, 0.05) is 0 Å². The summed E-state index contributed by atoms with van der Waals surface area (Å²) in [7, 11) is 1.72. The topological polar surface area (TPSA) is 47.6 Å². The van der Waals surface area contributed by atoms with Crippen LogP contribution in [0.25, 0.3) is 0 Å². The largest absolute Gasteiger partial charge is 0.465 e. The molecule has 0 heterocycles. The summed E-state index contributed by atoms with van der Waals surface area (Å²) in [4.78, 5) is 11.3. The fraction of sp³-hybridized carbons (Fsp3) is 0.900. The van der Waals surface area contributed by atoms with E-state index < -0.39 is 0 Å². The molecular weight excluding hydrogens is 182 g/mol. The maximum absolute atomic E-state index is 11.3. The summed E-state index contributed by atoms with van der Waals surface area (Å²) in [6.45, 7) is 6.59. The highest BCUT2D eigenvalue weighted by molar-refractivity contribution is 5.75. The zero-order valence-electron chi connectivity index (χ0n) is 9.50. The summed E-state index contributed by atoms with van der Waals surface area (Å²) in [5.74, 6) is -0.252. The molecule has 2 atom stereocenters. The first-order valence-electron chi connectivity index (χ1n) is 5.11. The third-order valence-electron chi connectivity index (χ3n) is 2.04. The zero-order chi connectivity index (χ0) is 11.0. The maximum Gasteiger partial charge on any atom is 0.325 e. The molecule has 84 valence electrons. The number of ether oxygens (including phenoxy) is 2. The lowest BCUT2D eigenvalue weighted by molar-refractivity contribution is -0.147. The molecule has 0 amide bonds. The molecular formula is C10H21NO3. The molecule has 0 radical (unpaired) electrons. The number of hydrogen-bond acceptors (Lipinski definition) is 4. The van der Waals surface area contributed by atoms with E-state index in [1.54, 1.807) is 14.0 Å². The minimum atomic E-state index is -0.357. The van der Waals surface area contributed by atoms with Crippen molar-refractivity contribution >= 4 is 5.97 Å². The minimum Gasteiger partial charge on any atom is -0.465 e. The molecule has 0 aliphatic heterocycles. The van der Waals surface area contributed by atoms with Gasteiger partial charge in [0.2, 0.25) is 0 Å². The molecule has 4 nitrogen and oxygen atoms in total. The van der Waals surface area contributed by atoms with Gasteiger partial charge in [-0.05, 0) is 27.3 Å². The highest BCUT2D eigenvalue weighted by atomic mass is 16.5. The molecule has 4 heteroatoms. The van der Waals surface area contributed by atoms with Gasteiger partial charge in [0.05, 0.1) is 19.3 Å². The van der Waals surface area contributed by atoms with Crippen molar-refractivity contribution in [3.05, 3.63) is 0 Å². The molecule has 0 aliphatic carbocycles. The first-order valence-corrected chi connectivity index (χ1v) is 5.11.